The summed E-state index contributed by atoms with van der Waals surface area (Å²) in [6.45, 7) is 1.54. The van der Waals surface area contributed by atoms with Gasteiger partial charge in [0.05, 0.1) is 13.2 Å². The van der Waals surface area contributed by atoms with E-state index in [2.05, 4.69) is 146 Å². The van der Waals surface area contributed by atoms with Crippen LogP contribution < -0.4 is 9.64 Å². The molecule has 0 spiro atoms. The number of fused-ring (bicyclic) bond motifs is 11. The molecule has 0 N–H and O–H groups in total. The van der Waals surface area contributed by atoms with Crippen LogP contribution in [0.3, 0.4) is 0 Å². The van der Waals surface area contributed by atoms with E-state index in [-0.39, 0.29) is 0 Å². The van der Waals surface area contributed by atoms with Crippen LogP contribution in [0.25, 0.3) is 38.7 Å². The van der Waals surface area contributed by atoms with E-state index in [9.17, 15) is 0 Å². The van der Waals surface area contributed by atoms with Gasteiger partial charge in [0.25, 0.3) is 0 Å². The summed E-state index contributed by atoms with van der Waals surface area (Å²) in [5.74, 6) is 1.71. The smallest absolute Gasteiger partial charge is 0.178 e. The molecule has 1 aliphatic carbocycles. The molecular formula is C42H35NO2. The van der Waals surface area contributed by atoms with Crippen LogP contribution in [0.5, 0.6) is 5.75 Å². The molecule has 3 aliphatic rings. The second kappa shape index (κ2) is 10.1. The summed E-state index contributed by atoms with van der Waals surface area (Å²) in [5, 5.41) is 4.80. The molecular weight excluding hydrogens is 550 g/mol. The molecule has 9 rings (SSSR count). The fourth-order valence-corrected chi connectivity index (χ4v) is 8.15. The van der Waals surface area contributed by atoms with Crippen molar-refractivity contribution in [3.05, 3.63) is 149 Å². The second-order valence-corrected chi connectivity index (χ2v) is 13.0. The van der Waals surface area contributed by atoms with Crippen LogP contribution in [-0.2, 0) is 16.8 Å². The lowest BCUT2D eigenvalue weighted by molar-refractivity contribution is 0.165. The van der Waals surface area contributed by atoms with E-state index in [4.69, 9.17) is 9.47 Å². The van der Waals surface area contributed by atoms with Crippen molar-refractivity contribution >= 4 is 33.3 Å². The van der Waals surface area contributed by atoms with E-state index >= 15 is 0 Å². The third-order valence-electron chi connectivity index (χ3n) is 10.3. The zero-order valence-corrected chi connectivity index (χ0v) is 25.7. The molecule has 2 aliphatic heterocycles. The highest BCUT2D eigenvalue weighted by molar-refractivity contribution is 6.06. The minimum Gasteiger partial charge on any atom is -0.472 e. The largest absolute Gasteiger partial charge is 0.472 e. The standard InChI is InChI=1S/C42H35NO2/c1-43(2)31-20-18-30(19-21-31)42(38-17-9-12-27-10-3-5-13-32(27)38)23-22-36-40-37-26-44-25-29(37)24-28-11-4-6-14-33(28)39(40)34-15-7-8-16-35(34)41(36)45-42/h3-23,29,37H,24-26H2,1-2H3. The molecule has 6 aromatic carbocycles. The predicted molar refractivity (Wildman–Crippen MR) is 185 cm³/mol. The summed E-state index contributed by atoms with van der Waals surface area (Å²) >= 11 is 0. The SMILES string of the molecule is CN(C)c1ccc(C2(c3cccc4ccccc34)C=Cc3c4c(c5ccccc5c3O2)-c2ccccc2CC2COCC42)cc1. The molecule has 45 heavy (non-hydrogen) atoms. The number of benzene rings is 6. The first kappa shape index (κ1) is 26.5. The van der Waals surface area contributed by atoms with Crippen LogP contribution in [0.1, 0.15) is 33.7 Å². The molecule has 0 saturated carbocycles. The van der Waals surface area contributed by atoms with Gasteiger partial charge in [0, 0.05) is 47.8 Å². The van der Waals surface area contributed by atoms with Crippen molar-refractivity contribution in [3.8, 4) is 16.9 Å². The maximum absolute atomic E-state index is 7.62. The van der Waals surface area contributed by atoms with Crippen molar-refractivity contribution in [1.29, 1.82) is 0 Å². The number of ether oxygens (including phenoxy) is 2. The van der Waals surface area contributed by atoms with Crippen LogP contribution in [0.15, 0.2) is 121 Å². The van der Waals surface area contributed by atoms with Crippen LogP contribution in [0.4, 0.5) is 5.69 Å². The third kappa shape index (κ3) is 3.93. The maximum atomic E-state index is 7.62. The van der Waals surface area contributed by atoms with Gasteiger partial charge in [0.15, 0.2) is 5.60 Å². The summed E-state index contributed by atoms with van der Waals surface area (Å²) in [5.41, 5.74) is 9.28. The topological polar surface area (TPSA) is 21.7 Å². The Hall–Kier alpha value is -4.86. The molecule has 1 fully saturated rings. The quantitative estimate of drug-likeness (QED) is 0.207. The summed E-state index contributed by atoms with van der Waals surface area (Å²) in [4.78, 5) is 2.14. The molecule has 220 valence electrons. The Kier molecular flexibility index (Phi) is 5.95. The summed E-state index contributed by atoms with van der Waals surface area (Å²) in [7, 11) is 4.16. The van der Waals surface area contributed by atoms with Gasteiger partial charge in [-0.1, -0.05) is 109 Å². The average molecular weight is 586 g/mol. The van der Waals surface area contributed by atoms with Crippen molar-refractivity contribution in [2.45, 2.75) is 17.9 Å². The fourth-order valence-electron chi connectivity index (χ4n) is 8.15. The molecule has 0 amide bonds. The van der Waals surface area contributed by atoms with Gasteiger partial charge >= 0.3 is 0 Å². The number of hydrogen-bond donors (Lipinski definition) is 0. The molecule has 0 bridgehead atoms. The Labute approximate surface area is 264 Å². The van der Waals surface area contributed by atoms with Crippen LogP contribution in [-0.4, -0.2) is 27.3 Å². The molecule has 2 heterocycles. The minimum atomic E-state index is -0.816. The normalized spacial score (nSPS) is 21.4. The summed E-state index contributed by atoms with van der Waals surface area (Å²) in [6, 6.07) is 41.9. The first-order valence-corrected chi connectivity index (χ1v) is 16.0. The molecule has 0 radical (unpaired) electrons. The number of hydrogen-bond acceptors (Lipinski definition) is 3. The Morgan fingerprint density at radius 1 is 0.711 bits per heavy atom. The maximum Gasteiger partial charge on any atom is 0.178 e. The highest BCUT2D eigenvalue weighted by Crippen LogP contribution is 2.55. The van der Waals surface area contributed by atoms with Gasteiger partial charge in [-0.2, -0.15) is 0 Å². The molecule has 0 aromatic heterocycles. The molecule has 3 heteroatoms. The van der Waals surface area contributed by atoms with Crippen molar-refractivity contribution < 1.29 is 9.47 Å². The van der Waals surface area contributed by atoms with E-state index < -0.39 is 5.60 Å². The minimum absolute atomic E-state index is 0.309. The van der Waals surface area contributed by atoms with Crippen LogP contribution in [0.2, 0.25) is 0 Å². The Morgan fingerprint density at radius 2 is 1.44 bits per heavy atom. The Morgan fingerprint density at radius 3 is 2.29 bits per heavy atom. The summed E-state index contributed by atoms with van der Waals surface area (Å²) < 4.78 is 13.8. The van der Waals surface area contributed by atoms with E-state index in [0.29, 0.717) is 11.8 Å². The van der Waals surface area contributed by atoms with E-state index in [0.717, 1.165) is 47.6 Å². The van der Waals surface area contributed by atoms with Gasteiger partial charge in [-0.25, -0.2) is 0 Å². The van der Waals surface area contributed by atoms with Crippen molar-refractivity contribution in [2.24, 2.45) is 5.92 Å². The van der Waals surface area contributed by atoms with Gasteiger partial charge < -0.3 is 14.4 Å². The molecule has 1 saturated heterocycles. The highest BCUT2D eigenvalue weighted by atomic mass is 16.5. The molecule has 3 atom stereocenters. The lowest BCUT2D eigenvalue weighted by Crippen LogP contribution is -2.35. The summed E-state index contributed by atoms with van der Waals surface area (Å²) in [6.07, 6.45) is 5.72. The van der Waals surface area contributed by atoms with E-state index in [1.165, 1.54) is 44.0 Å². The van der Waals surface area contributed by atoms with Crippen LogP contribution >= 0.6 is 0 Å². The Balaban J connectivity index is 1.36. The van der Waals surface area contributed by atoms with Crippen molar-refractivity contribution in [3.63, 3.8) is 0 Å². The monoisotopic (exact) mass is 585 g/mol. The lowest BCUT2D eigenvalue weighted by Gasteiger charge is -2.39. The van der Waals surface area contributed by atoms with E-state index in [1.54, 1.807) is 0 Å². The zero-order valence-electron chi connectivity index (χ0n) is 25.7. The molecule has 3 unspecified atom stereocenters. The average Bonchev–Trinajstić information content (AvgIpc) is 3.49. The lowest BCUT2D eigenvalue weighted by atomic mass is 9.77. The van der Waals surface area contributed by atoms with E-state index in [1.807, 2.05) is 0 Å². The van der Waals surface area contributed by atoms with Gasteiger partial charge in [0.1, 0.15) is 5.75 Å². The third-order valence-corrected chi connectivity index (χ3v) is 10.3. The fraction of sp³-hybridized carbons (Fsp3) is 0.190. The van der Waals surface area contributed by atoms with Crippen molar-refractivity contribution in [2.75, 3.05) is 32.2 Å². The van der Waals surface area contributed by atoms with Crippen LogP contribution in [0, 0.1) is 5.92 Å². The zero-order chi connectivity index (χ0) is 30.1. The number of nitrogens with zero attached hydrogens (tertiary/aromatic N) is 1. The highest BCUT2D eigenvalue weighted by Gasteiger charge is 2.43. The van der Waals surface area contributed by atoms with Gasteiger partial charge in [-0.05, 0) is 69.0 Å². The van der Waals surface area contributed by atoms with Gasteiger partial charge in [-0.15, -0.1) is 0 Å². The Bertz CT molecular complexity index is 2140. The predicted octanol–water partition coefficient (Wildman–Crippen LogP) is 9.36. The number of anilines is 1. The first-order valence-electron chi connectivity index (χ1n) is 16.0. The molecule has 6 aromatic rings. The number of rotatable bonds is 3. The first-order chi connectivity index (χ1) is 22.1. The van der Waals surface area contributed by atoms with Gasteiger partial charge in [-0.3, -0.25) is 0 Å². The second-order valence-electron chi connectivity index (χ2n) is 13.0. The van der Waals surface area contributed by atoms with Gasteiger partial charge in [0.2, 0.25) is 0 Å². The molecule has 3 nitrogen and oxygen atoms in total. The van der Waals surface area contributed by atoms with Crippen molar-refractivity contribution in [1.82, 2.24) is 0 Å².